The molecule has 0 aromatic rings. The molecule has 0 nitrogen and oxygen atoms in total. The molecule has 0 aromatic heterocycles. The van der Waals surface area contributed by atoms with Crippen molar-refractivity contribution >= 4 is 0 Å². The van der Waals surface area contributed by atoms with Crippen molar-refractivity contribution in [3.63, 3.8) is 0 Å². The Balaban J connectivity index is 1.46. The molecule has 0 heteroatoms. The van der Waals surface area contributed by atoms with Crippen molar-refractivity contribution in [2.45, 2.75) is 112 Å². The first kappa shape index (κ1) is 20.0. The first-order chi connectivity index (χ1) is 12.8. The van der Waals surface area contributed by atoms with Crippen molar-refractivity contribution in [3.8, 4) is 0 Å². The van der Waals surface area contributed by atoms with Crippen molar-refractivity contribution in [1.29, 1.82) is 0 Å². The SMILES string of the molecule is CC(C)CCCCC1CCC2C3CC=C4CC(C)CCC4(C)C3CCC12C. The Kier molecular flexibility index (Phi) is 5.59. The molecule has 3 saturated carbocycles. The average Bonchev–Trinajstić information content (AvgIpc) is 2.96. The predicted molar refractivity (Wildman–Crippen MR) is 118 cm³/mol. The highest BCUT2D eigenvalue weighted by Gasteiger charge is 2.58. The fourth-order valence-electron chi connectivity index (χ4n) is 8.37. The lowest BCUT2D eigenvalue weighted by molar-refractivity contribution is -0.0450. The number of rotatable bonds is 5. The van der Waals surface area contributed by atoms with E-state index in [4.69, 9.17) is 0 Å². The molecule has 154 valence electrons. The number of fused-ring (bicyclic) bond motifs is 5. The maximum absolute atomic E-state index is 2.75. The zero-order chi connectivity index (χ0) is 19.2. The zero-order valence-electron chi connectivity index (χ0n) is 19.0. The van der Waals surface area contributed by atoms with E-state index in [9.17, 15) is 0 Å². The van der Waals surface area contributed by atoms with Crippen LogP contribution in [0.1, 0.15) is 112 Å². The largest absolute Gasteiger partial charge is 0.0845 e. The molecule has 0 aliphatic heterocycles. The molecule has 0 saturated heterocycles. The van der Waals surface area contributed by atoms with Gasteiger partial charge in [-0.05, 0) is 104 Å². The van der Waals surface area contributed by atoms with Crippen LogP contribution in [-0.4, -0.2) is 0 Å². The van der Waals surface area contributed by atoms with Crippen molar-refractivity contribution < 1.29 is 0 Å². The summed E-state index contributed by atoms with van der Waals surface area (Å²) in [5, 5.41) is 0. The van der Waals surface area contributed by atoms with Gasteiger partial charge >= 0.3 is 0 Å². The Morgan fingerprint density at radius 2 is 1.81 bits per heavy atom. The normalized spacial score (nSPS) is 46.6. The van der Waals surface area contributed by atoms with E-state index in [1.165, 1.54) is 70.6 Å². The maximum atomic E-state index is 2.75. The van der Waals surface area contributed by atoms with Crippen LogP contribution in [0.25, 0.3) is 0 Å². The summed E-state index contributed by atoms with van der Waals surface area (Å²) in [6, 6.07) is 0. The minimum Gasteiger partial charge on any atom is -0.0845 e. The van der Waals surface area contributed by atoms with Crippen LogP contribution in [0.2, 0.25) is 0 Å². The van der Waals surface area contributed by atoms with E-state index in [0.717, 1.165) is 35.5 Å². The lowest BCUT2D eigenvalue weighted by atomic mass is 9.47. The second-order valence-corrected chi connectivity index (χ2v) is 12.1. The lowest BCUT2D eigenvalue weighted by Gasteiger charge is -2.58. The van der Waals surface area contributed by atoms with Crippen molar-refractivity contribution in [2.75, 3.05) is 0 Å². The summed E-state index contributed by atoms with van der Waals surface area (Å²) in [7, 11) is 0. The molecule has 27 heavy (non-hydrogen) atoms. The first-order valence-electron chi connectivity index (χ1n) is 12.5. The zero-order valence-corrected chi connectivity index (χ0v) is 19.0. The quantitative estimate of drug-likeness (QED) is 0.336. The van der Waals surface area contributed by atoms with E-state index in [-0.39, 0.29) is 0 Å². The van der Waals surface area contributed by atoms with Crippen LogP contribution in [-0.2, 0) is 0 Å². The van der Waals surface area contributed by atoms with Crippen molar-refractivity contribution in [3.05, 3.63) is 11.6 Å². The van der Waals surface area contributed by atoms with Gasteiger partial charge < -0.3 is 0 Å². The van der Waals surface area contributed by atoms with Gasteiger partial charge in [-0.25, -0.2) is 0 Å². The van der Waals surface area contributed by atoms with Gasteiger partial charge in [-0.3, -0.25) is 0 Å². The van der Waals surface area contributed by atoms with Crippen molar-refractivity contribution in [1.82, 2.24) is 0 Å². The molecule has 4 aliphatic carbocycles. The van der Waals surface area contributed by atoms with E-state index in [2.05, 4.69) is 40.7 Å². The molecule has 0 bridgehead atoms. The van der Waals surface area contributed by atoms with Gasteiger partial charge in [0.05, 0.1) is 0 Å². The predicted octanol–water partition coefficient (Wildman–Crippen LogP) is 8.42. The minimum absolute atomic E-state index is 0.562. The Bertz CT molecular complexity index is 556. The number of hydrogen-bond donors (Lipinski definition) is 0. The van der Waals surface area contributed by atoms with Crippen molar-refractivity contribution in [2.24, 2.45) is 46.3 Å². The third-order valence-electron chi connectivity index (χ3n) is 10.1. The topological polar surface area (TPSA) is 0 Å². The summed E-state index contributed by atoms with van der Waals surface area (Å²) in [5.74, 6) is 5.88. The third kappa shape index (κ3) is 3.46. The Labute approximate surface area is 170 Å². The number of allylic oxidation sites excluding steroid dienone is 2. The highest BCUT2D eigenvalue weighted by molar-refractivity contribution is 5.24. The van der Waals surface area contributed by atoms with Crippen LogP contribution in [0.4, 0.5) is 0 Å². The molecule has 7 unspecified atom stereocenters. The van der Waals surface area contributed by atoms with Gasteiger partial charge in [0.25, 0.3) is 0 Å². The molecule has 0 radical (unpaired) electrons. The van der Waals surface area contributed by atoms with Gasteiger partial charge in [-0.15, -0.1) is 0 Å². The molecule has 7 atom stereocenters. The Morgan fingerprint density at radius 3 is 2.59 bits per heavy atom. The molecular formula is C27H46. The summed E-state index contributed by atoms with van der Waals surface area (Å²) >= 11 is 0. The minimum atomic E-state index is 0.562. The van der Waals surface area contributed by atoms with Gasteiger partial charge in [0, 0.05) is 0 Å². The van der Waals surface area contributed by atoms with Crippen LogP contribution < -0.4 is 0 Å². The van der Waals surface area contributed by atoms with E-state index >= 15 is 0 Å². The average molecular weight is 371 g/mol. The number of hydrogen-bond acceptors (Lipinski definition) is 0. The van der Waals surface area contributed by atoms with E-state index in [0.29, 0.717) is 10.8 Å². The lowest BCUT2D eigenvalue weighted by Crippen LogP contribution is -2.49. The Hall–Kier alpha value is -0.260. The highest BCUT2D eigenvalue weighted by atomic mass is 14.6. The van der Waals surface area contributed by atoms with Gasteiger partial charge in [-0.2, -0.15) is 0 Å². The fraction of sp³-hybridized carbons (Fsp3) is 0.926. The third-order valence-corrected chi connectivity index (χ3v) is 10.1. The first-order valence-corrected chi connectivity index (χ1v) is 12.5. The smallest absolute Gasteiger partial charge is 0.00851 e. The van der Waals surface area contributed by atoms with Gasteiger partial charge in [-0.1, -0.05) is 65.5 Å². The molecule has 0 amide bonds. The van der Waals surface area contributed by atoms with Gasteiger partial charge in [0.2, 0.25) is 0 Å². The summed E-state index contributed by atoms with van der Waals surface area (Å²) < 4.78 is 0. The van der Waals surface area contributed by atoms with Crippen LogP contribution >= 0.6 is 0 Å². The molecule has 0 heterocycles. The second-order valence-electron chi connectivity index (χ2n) is 12.1. The summed E-state index contributed by atoms with van der Waals surface area (Å²) in [6.07, 6.45) is 20.6. The summed E-state index contributed by atoms with van der Waals surface area (Å²) in [4.78, 5) is 0. The highest BCUT2D eigenvalue weighted by Crippen LogP contribution is 2.67. The van der Waals surface area contributed by atoms with Crippen LogP contribution in [0.5, 0.6) is 0 Å². The molecule has 0 aromatic carbocycles. The molecule has 0 N–H and O–H groups in total. The molecule has 4 rings (SSSR count). The van der Waals surface area contributed by atoms with E-state index in [1.807, 2.05) is 5.57 Å². The molecule has 3 fully saturated rings. The maximum Gasteiger partial charge on any atom is -0.00851 e. The summed E-state index contributed by atoms with van der Waals surface area (Å²) in [5.41, 5.74) is 3.10. The van der Waals surface area contributed by atoms with Crippen LogP contribution in [0.3, 0.4) is 0 Å². The van der Waals surface area contributed by atoms with E-state index < -0.39 is 0 Å². The number of unbranched alkanes of at least 4 members (excludes halogenated alkanes) is 1. The standard InChI is InChI=1S/C27H46/c1-19(2)8-6-7-9-21-11-13-24-23-12-10-22-18-20(3)14-16-27(22,5)25(23)15-17-26(21,24)4/h10,19-21,23-25H,6-9,11-18H2,1-5H3. The van der Waals surface area contributed by atoms with Gasteiger partial charge in [0.15, 0.2) is 0 Å². The monoisotopic (exact) mass is 370 g/mol. The van der Waals surface area contributed by atoms with Crippen LogP contribution in [0.15, 0.2) is 11.6 Å². The van der Waals surface area contributed by atoms with Crippen LogP contribution in [0, 0.1) is 46.3 Å². The van der Waals surface area contributed by atoms with Gasteiger partial charge in [0.1, 0.15) is 0 Å². The molecule has 0 spiro atoms. The molecular weight excluding hydrogens is 324 g/mol. The Morgan fingerprint density at radius 1 is 1.00 bits per heavy atom. The second kappa shape index (κ2) is 7.53. The summed E-state index contributed by atoms with van der Waals surface area (Å²) in [6.45, 7) is 12.6. The molecule has 4 aliphatic rings. The van der Waals surface area contributed by atoms with E-state index in [1.54, 1.807) is 6.42 Å². The fourth-order valence-corrected chi connectivity index (χ4v) is 8.37.